The molecule has 2 aromatic rings. The Morgan fingerprint density at radius 1 is 1.22 bits per heavy atom. The van der Waals surface area contributed by atoms with Crippen molar-refractivity contribution < 1.29 is 9.72 Å². The molecule has 0 heterocycles. The number of halogens is 1. The monoisotopic (exact) mass is 331 g/mol. The highest BCUT2D eigenvalue weighted by atomic mass is 35.5. The van der Waals surface area contributed by atoms with Gasteiger partial charge in [-0.3, -0.25) is 14.9 Å². The average Bonchev–Trinajstić information content (AvgIpc) is 2.56. The zero-order chi connectivity index (χ0) is 16.8. The minimum atomic E-state index is -0.635. The Kier molecular flexibility index (Phi) is 5.43. The van der Waals surface area contributed by atoms with Crippen molar-refractivity contribution in [1.29, 1.82) is 0 Å². The van der Waals surface area contributed by atoms with Crippen LogP contribution in [0, 0.1) is 10.1 Å². The molecule has 0 saturated heterocycles. The summed E-state index contributed by atoms with van der Waals surface area (Å²) in [6.07, 6.45) is 0.630. The van der Waals surface area contributed by atoms with Crippen LogP contribution in [0.5, 0.6) is 0 Å². The fourth-order valence-corrected chi connectivity index (χ4v) is 2.14. The Morgan fingerprint density at radius 2 is 1.91 bits per heavy atom. The van der Waals surface area contributed by atoms with E-state index < -0.39 is 10.8 Å². The van der Waals surface area contributed by atoms with E-state index in [2.05, 4.69) is 10.5 Å². The molecule has 118 valence electrons. The number of carbonyl (C=O) groups is 1. The van der Waals surface area contributed by atoms with Gasteiger partial charge < -0.3 is 0 Å². The molecule has 23 heavy (non-hydrogen) atoms. The number of nitro benzene ring substituents is 1. The van der Waals surface area contributed by atoms with Gasteiger partial charge in [0.2, 0.25) is 0 Å². The minimum absolute atomic E-state index is 0.0198. The van der Waals surface area contributed by atoms with Crippen LogP contribution in [-0.2, 0) is 0 Å². The summed E-state index contributed by atoms with van der Waals surface area (Å²) in [5.41, 5.74) is 3.83. The lowest BCUT2D eigenvalue weighted by Crippen LogP contribution is -2.20. The summed E-state index contributed by atoms with van der Waals surface area (Å²) in [7, 11) is 0. The summed E-state index contributed by atoms with van der Waals surface area (Å²) >= 11 is 5.72. The molecule has 0 aliphatic rings. The van der Waals surface area contributed by atoms with Crippen molar-refractivity contribution in [2.75, 3.05) is 0 Å². The van der Waals surface area contributed by atoms with E-state index in [1.54, 1.807) is 0 Å². The van der Waals surface area contributed by atoms with Crippen molar-refractivity contribution in [3.05, 3.63) is 74.8 Å². The standard InChI is InChI=1S/C16H14ClN3O3/c1-2-14(11-6-4-3-5-7-11)18-19-16(21)12-8-9-13(17)15(10-12)20(22)23/h3-10H,2H2,1H3,(H,19,21). The van der Waals surface area contributed by atoms with Gasteiger partial charge in [0.05, 0.1) is 10.6 Å². The Bertz CT molecular complexity index is 760. The van der Waals surface area contributed by atoms with E-state index in [4.69, 9.17) is 11.6 Å². The molecule has 7 heteroatoms. The fraction of sp³-hybridized carbons (Fsp3) is 0.125. The number of carbonyl (C=O) groups excluding carboxylic acids is 1. The highest BCUT2D eigenvalue weighted by molar-refractivity contribution is 6.32. The van der Waals surface area contributed by atoms with Gasteiger partial charge in [0, 0.05) is 11.6 Å². The van der Waals surface area contributed by atoms with Crippen molar-refractivity contribution in [3.63, 3.8) is 0 Å². The van der Waals surface area contributed by atoms with Crippen LogP contribution in [-0.4, -0.2) is 16.5 Å². The lowest BCUT2D eigenvalue weighted by molar-refractivity contribution is -0.384. The topological polar surface area (TPSA) is 84.6 Å². The van der Waals surface area contributed by atoms with Gasteiger partial charge in [0.15, 0.2) is 0 Å². The molecular formula is C16H14ClN3O3. The summed E-state index contributed by atoms with van der Waals surface area (Å²) in [6.45, 7) is 1.92. The number of rotatable bonds is 5. The van der Waals surface area contributed by atoms with E-state index in [0.29, 0.717) is 12.1 Å². The van der Waals surface area contributed by atoms with Gasteiger partial charge in [0.1, 0.15) is 5.02 Å². The first-order chi connectivity index (χ1) is 11.0. The number of hydrogen-bond donors (Lipinski definition) is 1. The maximum absolute atomic E-state index is 12.1. The van der Waals surface area contributed by atoms with E-state index >= 15 is 0 Å². The minimum Gasteiger partial charge on any atom is -0.267 e. The lowest BCUT2D eigenvalue weighted by Gasteiger charge is -2.05. The summed E-state index contributed by atoms with van der Waals surface area (Å²) < 4.78 is 0. The van der Waals surface area contributed by atoms with Crippen LogP contribution in [0.4, 0.5) is 5.69 Å². The second kappa shape index (κ2) is 7.51. The van der Waals surface area contributed by atoms with E-state index in [9.17, 15) is 14.9 Å². The number of nitrogens with zero attached hydrogens (tertiary/aromatic N) is 2. The predicted octanol–water partition coefficient (Wildman–Crippen LogP) is 3.79. The number of benzene rings is 2. The molecule has 0 fully saturated rings. The number of amides is 1. The van der Waals surface area contributed by atoms with Gasteiger partial charge in [-0.2, -0.15) is 5.10 Å². The lowest BCUT2D eigenvalue weighted by atomic mass is 10.1. The van der Waals surface area contributed by atoms with Gasteiger partial charge in [-0.15, -0.1) is 0 Å². The average molecular weight is 332 g/mol. The van der Waals surface area contributed by atoms with Crippen LogP contribution < -0.4 is 5.43 Å². The van der Waals surface area contributed by atoms with E-state index in [1.165, 1.54) is 12.1 Å². The maximum Gasteiger partial charge on any atom is 0.288 e. The molecule has 0 saturated carbocycles. The van der Waals surface area contributed by atoms with Crippen molar-refractivity contribution in [2.24, 2.45) is 5.10 Å². The zero-order valence-corrected chi connectivity index (χ0v) is 13.1. The van der Waals surface area contributed by atoms with Gasteiger partial charge in [0.25, 0.3) is 11.6 Å². The van der Waals surface area contributed by atoms with Crippen LogP contribution in [0.3, 0.4) is 0 Å². The maximum atomic E-state index is 12.1. The van der Waals surface area contributed by atoms with Crippen molar-refractivity contribution in [2.45, 2.75) is 13.3 Å². The van der Waals surface area contributed by atoms with Gasteiger partial charge in [-0.25, -0.2) is 5.43 Å². The van der Waals surface area contributed by atoms with Crippen LogP contribution in [0.15, 0.2) is 53.6 Å². The molecule has 0 aliphatic carbocycles. The highest BCUT2D eigenvalue weighted by Crippen LogP contribution is 2.24. The Labute approximate surface area is 137 Å². The molecule has 2 rings (SSSR count). The van der Waals surface area contributed by atoms with Crippen LogP contribution >= 0.6 is 11.6 Å². The molecule has 1 amide bonds. The summed E-state index contributed by atoms with van der Waals surface area (Å²) in [4.78, 5) is 22.3. The van der Waals surface area contributed by atoms with E-state index in [1.807, 2.05) is 37.3 Å². The largest absolute Gasteiger partial charge is 0.288 e. The molecule has 1 N–H and O–H groups in total. The molecule has 0 spiro atoms. The van der Waals surface area contributed by atoms with Gasteiger partial charge in [-0.1, -0.05) is 48.9 Å². The predicted molar refractivity (Wildman–Crippen MR) is 88.8 cm³/mol. The third-order valence-corrected chi connectivity index (χ3v) is 3.46. The molecule has 6 nitrogen and oxygen atoms in total. The van der Waals surface area contributed by atoms with Crippen molar-refractivity contribution >= 4 is 28.9 Å². The second-order valence-corrected chi connectivity index (χ2v) is 5.05. The molecule has 0 aliphatic heterocycles. The Hall–Kier alpha value is -2.73. The van der Waals surface area contributed by atoms with Crippen molar-refractivity contribution in [1.82, 2.24) is 5.43 Å². The molecule has 0 bridgehead atoms. The van der Waals surface area contributed by atoms with Gasteiger partial charge >= 0.3 is 0 Å². The Morgan fingerprint density at radius 3 is 2.52 bits per heavy atom. The first-order valence-electron chi connectivity index (χ1n) is 6.89. The summed E-state index contributed by atoms with van der Waals surface area (Å²) in [5.74, 6) is -0.536. The Balaban J connectivity index is 2.20. The molecule has 2 aromatic carbocycles. The second-order valence-electron chi connectivity index (χ2n) is 4.64. The molecule has 0 aromatic heterocycles. The van der Waals surface area contributed by atoms with Crippen molar-refractivity contribution in [3.8, 4) is 0 Å². The molecule has 0 atom stereocenters. The third kappa shape index (κ3) is 4.14. The van der Waals surface area contributed by atoms with Crippen LogP contribution in [0.2, 0.25) is 5.02 Å². The fourth-order valence-electron chi connectivity index (χ4n) is 1.95. The van der Waals surface area contributed by atoms with Gasteiger partial charge in [-0.05, 0) is 24.1 Å². The summed E-state index contributed by atoms with van der Waals surface area (Å²) in [6, 6.07) is 13.3. The van der Waals surface area contributed by atoms with Crippen LogP contribution in [0.25, 0.3) is 0 Å². The smallest absolute Gasteiger partial charge is 0.267 e. The molecular weight excluding hydrogens is 318 g/mol. The highest BCUT2D eigenvalue weighted by Gasteiger charge is 2.16. The van der Waals surface area contributed by atoms with E-state index in [0.717, 1.165) is 11.6 Å². The quantitative estimate of drug-likeness (QED) is 0.514. The SMILES string of the molecule is CCC(=NNC(=O)c1ccc(Cl)c([N+](=O)[O-])c1)c1ccccc1. The summed E-state index contributed by atoms with van der Waals surface area (Å²) in [5, 5.41) is 14.9. The number of hydrogen-bond acceptors (Lipinski definition) is 4. The zero-order valence-electron chi connectivity index (χ0n) is 12.3. The number of nitro groups is 1. The molecule has 0 radical (unpaired) electrons. The first kappa shape index (κ1) is 16.6. The number of nitrogens with one attached hydrogen (secondary N) is 1. The third-order valence-electron chi connectivity index (χ3n) is 3.14. The normalized spacial score (nSPS) is 11.1. The number of hydrazone groups is 1. The van der Waals surface area contributed by atoms with Crippen LogP contribution in [0.1, 0.15) is 29.3 Å². The van der Waals surface area contributed by atoms with E-state index in [-0.39, 0.29) is 16.3 Å². The first-order valence-corrected chi connectivity index (χ1v) is 7.27. The molecule has 0 unspecified atom stereocenters.